The van der Waals surface area contributed by atoms with Crippen LogP contribution in [0.15, 0.2) is 48.5 Å². The highest BCUT2D eigenvalue weighted by molar-refractivity contribution is 5.85. The Morgan fingerprint density at radius 1 is 1.32 bits per heavy atom. The third-order valence-electron chi connectivity index (χ3n) is 2.90. The Morgan fingerprint density at radius 3 is 2.59 bits per heavy atom. The minimum atomic E-state index is -0.956. The number of carboxylic acids is 1. The van der Waals surface area contributed by atoms with Crippen molar-refractivity contribution in [2.45, 2.75) is 6.61 Å². The quantitative estimate of drug-likeness (QED) is 0.882. The van der Waals surface area contributed by atoms with E-state index >= 15 is 0 Å². The second-order valence-corrected chi connectivity index (χ2v) is 4.50. The van der Waals surface area contributed by atoms with E-state index in [4.69, 9.17) is 14.6 Å². The lowest BCUT2D eigenvalue weighted by molar-refractivity contribution is -0.131. The highest BCUT2D eigenvalue weighted by Crippen LogP contribution is 2.24. The normalized spacial score (nSPS) is 11.5. The first kappa shape index (κ1) is 15.6. The van der Waals surface area contributed by atoms with Crippen LogP contribution in [-0.2, 0) is 11.4 Å². The highest BCUT2D eigenvalue weighted by atomic mass is 19.1. The standard InChI is InChI=1S/C10H10O3.C7H5FO/c1-13-9-4-2-3-8(7-9)5-6-10(11)12;8-6-3-5-1-2-7(6)9-4-5/h2-7H,1H3,(H,11,12);1-3H,4H2/b6-5+;. The maximum absolute atomic E-state index is 12.5. The number of benzene rings is 2. The van der Waals surface area contributed by atoms with E-state index in [1.165, 1.54) is 12.1 Å². The molecule has 2 aromatic carbocycles. The molecule has 114 valence electrons. The summed E-state index contributed by atoms with van der Waals surface area (Å²) in [5.41, 5.74) is 1.71. The summed E-state index contributed by atoms with van der Waals surface area (Å²) >= 11 is 0. The van der Waals surface area contributed by atoms with Gasteiger partial charge in [-0.25, -0.2) is 9.18 Å². The minimum Gasteiger partial charge on any atom is -0.497 e. The van der Waals surface area contributed by atoms with Gasteiger partial charge in [0.25, 0.3) is 0 Å². The second-order valence-electron chi connectivity index (χ2n) is 4.50. The molecule has 2 aliphatic heterocycles. The molecule has 5 heteroatoms. The van der Waals surface area contributed by atoms with Gasteiger partial charge in [0, 0.05) is 6.08 Å². The molecule has 0 radical (unpaired) electrons. The molecule has 0 fully saturated rings. The molecule has 2 bridgehead atoms. The van der Waals surface area contributed by atoms with Gasteiger partial charge in [-0.05, 0) is 41.5 Å². The summed E-state index contributed by atoms with van der Waals surface area (Å²) in [6.45, 7) is 0.527. The van der Waals surface area contributed by atoms with Gasteiger partial charge in [0.15, 0.2) is 11.6 Å². The van der Waals surface area contributed by atoms with Crippen molar-refractivity contribution in [2.75, 3.05) is 7.11 Å². The van der Waals surface area contributed by atoms with Crippen LogP contribution >= 0.6 is 0 Å². The summed E-state index contributed by atoms with van der Waals surface area (Å²) in [6.07, 6.45) is 2.61. The van der Waals surface area contributed by atoms with Crippen molar-refractivity contribution in [3.05, 3.63) is 65.5 Å². The van der Waals surface area contributed by atoms with E-state index in [0.29, 0.717) is 18.1 Å². The monoisotopic (exact) mass is 302 g/mol. The minimum absolute atomic E-state index is 0.251. The zero-order valence-electron chi connectivity index (χ0n) is 12.0. The molecule has 2 heterocycles. The summed E-state index contributed by atoms with van der Waals surface area (Å²) in [7, 11) is 1.57. The molecular weight excluding hydrogens is 287 g/mol. The first-order valence-electron chi connectivity index (χ1n) is 6.55. The van der Waals surface area contributed by atoms with Gasteiger partial charge in [-0.1, -0.05) is 18.2 Å². The molecule has 0 aliphatic carbocycles. The number of hydrogen-bond donors (Lipinski definition) is 1. The summed E-state index contributed by atoms with van der Waals surface area (Å²) in [4.78, 5) is 10.2. The lowest BCUT2D eigenvalue weighted by Gasteiger charge is -2.13. The number of hydrogen-bond acceptors (Lipinski definition) is 3. The van der Waals surface area contributed by atoms with Crippen LogP contribution in [0.5, 0.6) is 11.5 Å². The second kappa shape index (κ2) is 7.26. The van der Waals surface area contributed by atoms with Crippen molar-refractivity contribution in [1.29, 1.82) is 0 Å². The molecule has 0 unspecified atom stereocenters. The maximum atomic E-state index is 12.5. The Morgan fingerprint density at radius 2 is 2.14 bits per heavy atom. The van der Waals surface area contributed by atoms with Crippen LogP contribution < -0.4 is 9.47 Å². The molecule has 2 aromatic rings. The van der Waals surface area contributed by atoms with Gasteiger partial charge in [0.1, 0.15) is 12.4 Å². The Hall–Kier alpha value is -2.82. The summed E-state index contributed by atoms with van der Waals surface area (Å²) in [6, 6.07) is 12.2. The van der Waals surface area contributed by atoms with E-state index in [9.17, 15) is 9.18 Å². The van der Waals surface area contributed by atoms with Crippen LogP contribution in [0.4, 0.5) is 4.39 Å². The molecule has 0 saturated heterocycles. The molecule has 1 N–H and O–H groups in total. The Labute approximate surface area is 127 Å². The van der Waals surface area contributed by atoms with Crippen LogP contribution in [-0.4, -0.2) is 18.2 Å². The van der Waals surface area contributed by atoms with Gasteiger partial charge in [-0.2, -0.15) is 0 Å². The zero-order valence-corrected chi connectivity index (χ0v) is 12.0. The number of carbonyl (C=O) groups is 1. The third-order valence-corrected chi connectivity index (χ3v) is 2.90. The predicted octanol–water partition coefficient (Wildman–Crippen LogP) is 3.51. The van der Waals surface area contributed by atoms with Gasteiger partial charge >= 0.3 is 5.97 Å². The smallest absolute Gasteiger partial charge is 0.328 e. The molecule has 4 nitrogen and oxygen atoms in total. The Bertz CT molecular complexity index is 695. The van der Waals surface area contributed by atoms with Crippen molar-refractivity contribution in [3.8, 4) is 11.5 Å². The highest BCUT2D eigenvalue weighted by Gasteiger charge is 2.10. The zero-order chi connectivity index (χ0) is 15.9. The summed E-state index contributed by atoms with van der Waals surface area (Å²) < 4.78 is 22.4. The van der Waals surface area contributed by atoms with E-state index in [1.807, 2.05) is 12.1 Å². The van der Waals surface area contributed by atoms with E-state index in [0.717, 1.165) is 17.2 Å². The maximum Gasteiger partial charge on any atom is 0.328 e. The van der Waals surface area contributed by atoms with Crippen LogP contribution in [0, 0.1) is 5.82 Å². The first-order chi connectivity index (χ1) is 10.6. The van der Waals surface area contributed by atoms with Gasteiger partial charge in [-0.15, -0.1) is 0 Å². The molecule has 0 aromatic heterocycles. The van der Waals surface area contributed by atoms with Crippen molar-refractivity contribution < 1.29 is 23.8 Å². The Balaban J connectivity index is 0.000000170. The van der Waals surface area contributed by atoms with Gasteiger partial charge in [0.05, 0.1) is 7.11 Å². The molecule has 4 rings (SSSR count). The first-order valence-corrected chi connectivity index (χ1v) is 6.55. The average Bonchev–Trinajstić information content (AvgIpc) is 2.55. The summed E-state index contributed by atoms with van der Waals surface area (Å²) in [5, 5.41) is 8.38. The molecule has 0 spiro atoms. The number of ether oxygens (including phenoxy) is 2. The fraction of sp³-hybridized carbons (Fsp3) is 0.118. The lowest BCUT2D eigenvalue weighted by Crippen LogP contribution is -2.04. The number of aliphatic carboxylic acids is 1. The largest absolute Gasteiger partial charge is 0.497 e. The molecule has 0 saturated carbocycles. The van der Waals surface area contributed by atoms with E-state index in [2.05, 4.69) is 0 Å². The van der Waals surface area contributed by atoms with Gasteiger partial charge < -0.3 is 14.6 Å². The molecule has 0 atom stereocenters. The van der Waals surface area contributed by atoms with E-state index < -0.39 is 5.97 Å². The lowest BCUT2D eigenvalue weighted by atomic mass is 10.2. The topological polar surface area (TPSA) is 55.8 Å². The van der Waals surface area contributed by atoms with Crippen molar-refractivity contribution in [3.63, 3.8) is 0 Å². The summed E-state index contributed by atoms with van der Waals surface area (Å²) in [5.74, 6) is -0.126. The number of halogens is 1. The van der Waals surface area contributed by atoms with Crippen LogP contribution in [0.1, 0.15) is 11.1 Å². The predicted molar refractivity (Wildman–Crippen MR) is 80.4 cm³/mol. The molecule has 2 aliphatic rings. The molecule has 22 heavy (non-hydrogen) atoms. The Kier molecular flexibility index (Phi) is 5.14. The molecule has 0 amide bonds. The van der Waals surface area contributed by atoms with E-state index in [-0.39, 0.29) is 5.82 Å². The number of fused-ring (bicyclic) bond motifs is 3. The van der Waals surface area contributed by atoms with E-state index in [1.54, 1.807) is 31.4 Å². The SMILES string of the molecule is COc1cccc(/C=C/C(=O)O)c1.Fc1cc2ccc1OC2. The van der Waals surface area contributed by atoms with Crippen LogP contribution in [0.3, 0.4) is 0 Å². The number of methoxy groups -OCH3 is 1. The third kappa shape index (κ3) is 4.34. The van der Waals surface area contributed by atoms with Crippen LogP contribution in [0.2, 0.25) is 0 Å². The fourth-order valence-electron chi connectivity index (χ4n) is 1.82. The number of carboxylic acid groups (broad SMARTS) is 1. The fourth-order valence-corrected chi connectivity index (χ4v) is 1.82. The van der Waals surface area contributed by atoms with Crippen molar-refractivity contribution >= 4 is 12.0 Å². The average molecular weight is 302 g/mol. The van der Waals surface area contributed by atoms with Crippen molar-refractivity contribution in [2.24, 2.45) is 0 Å². The van der Waals surface area contributed by atoms with Crippen LogP contribution in [0.25, 0.3) is 6.08 Å². The molecular formula is C17H15FO4. The number of rotatable bonds is 3. The van der Waals surface area contributed by atoms with Crippen molar-refractivity contribution in [1.82, 2.24) is 0 Å². The van der Waals surface area contributed by atoms with Gasteiger partial charge in [-0.3, -0.25) is 0 Å². The van der Waals surface area contributed by atoms with Gasteiger partial charge in [0.2, 0.25) is 0 Å².